The molecule has 1 heterocycles. The third kappa shape index (κ3) is 1.94. The fourth-order valence-electron chi connectivity index (χ4n) is 0.775. The minimum Gasteiger partial charge on any atom is -0.480 e. The largest absolute Gasteiger partial charge is 0.480 e. The molecule has 5 heteroatoms. The second-order valence-corrected chi connectivity index (χ2v) is 2.52. The summed E-state index contributed by atoms with van der Waals surface area (Å²) >= 11 is 5.52. The maximum Gasteiger partial charge on any atom is 0.323 e. The Morgan fingerprint density at radius 2 is 2.55 bits per heavy atom. The van der Waals surface area contributed by atoms with Gasteiger partial charge < -0.3 is 9.67 Å². The molecule has 0 spiro atoms. The van der Waals surface area contributed by atoms with Crippen molar-refractivity contribution in [2.45, 2.75) is 13.5 Å². The van der Waals surface area contributed by atoms with E-state index in [2.05, 4.69) is 4.98 Å². The Hall–Kier alpha value is -1.03. The summed E-state index contributed by atoms with van der Waals surface area (Å²) in [7, 11) is 0. The van der Waals surface area contributed by atoms with Gasteiger partial charge in [-0.2, -0.15) is 0 Å². The Morgan fingerprint density at radius 1 is 1.91 bits per heavy atom. The summed E-state index contributed by atoms with van der Waals surface area (Å²) in [6, 6.07) is 0. The zero-order valence-corrected chi connectivity index (χ0v) is 6.67. The van der Waals surface area contributed by atoms with Gasteiger partial charge in [-0.3, -0.25) is 4.79 Å². The fraction of sp³-hybridized carbons (Fsp3) is 0.333. The van der Waals surface area contributed by atoms with Crippen molar-refractivity contribution in [3.05, 3.63) is 17.2 Å². The maximum atomic E-state index is 10.2. The van der Waals surface area contributed by atoms with Crippen LogP contribution >= 0.6 is 11.6 Å². The molecule has 1 aromatic rings. The van der Waals surface area contributed by atoms with Crippen LogP contribution in [0.25, 0.3) is 0 Å². The van der Waals surface area contributed by atoms with Gasteiger partial charge in [0.05, 0.1) is 0 Å². The standard InChI is InChI=1S/C6H7ClN2O2/c1-4-8-5(7)2-9(4)3-6(10)11/h2H,3H2,1H3,(H,10,11). The summed E-state index contributed by atoms with van der Waals surface area (Å²) in [4.78, 5) is 14.1. The Morgan fingerprint density at radius 3 is 2.91 bits per heavy atom. The van der Waals surface area contributed by atoms with E-state index in [1.807, 2.05) is 0 Å². The van der Waals surface area contributed by atoms with Crippen molar-refractivity contribution < 1.29 is 9.90 Å². The summed E-state index contributed by atoms with van der Waals surface area (Å²) in [5.41, 5.74) is 0. The maximum absolute atomic E-state index is 10.2. The Labute approximate surface area is 68.4 Å². The van der Waals surface area contributed by atoms with Crippen LogP contribution in [0.4, 0.5) is 0 Å². The Bertz CT molecular complexity index is 282. The van der Waals surface area contributed by atoms with Crippen molar-refractivity contribution in [1.29, 1.82) is 0 Å². The van der Waals surface area contributed by atoms with E-state index in [1.165, 1.54) is 10.8 Å². The number of rotatable bonds is 2. The second kappa shape index (κ2) is 2.92. The summed E-state index contributed by atoms with van der Waals surface area (Å²) in [6.45, 7) is 1.61. The molecule has 0 aliphatic heterocycles. The number of hydrogen-bond donors (Lipinski definition) is 1. The molecule has 0 radical (unpaired) electrons. The van der Waals surface area contributed by atoms with Gasteiger partial charge >= 0.3 is 5.97 Å². The number of hydrogen-bond acceptors (Lipinski definition) is 2. The number of aliphatic carboxylic acids is 1. The summed E-state index contributed by atoms with van der Waals surface area (Å²) in [5, 5.41) is 8.73. The molecule has 1 rings (SSSR count). The van der Waals surface area contributed by atoms with E-state index in [0.29, 0.717) is 11.0 Å². The highest BCUT2D eigenvalue weighted by molar-refractivity contribution is 6.29. The summed E-state index contributed by atoms with van der Waals surface area (Å²) in [6.07, 6.45) is 1.49. The molecule has 1 N–H and O–H groups in total. The van der Waals surface area contributed by atoms with Crippen molar-refractivity contribution in [2.24, 2.45) is 0 Å². The third-order valence-electron chi connectivity index (χ3n) is 1.25. The molecule has 0 unspecified atom stereocenters. The highest BCUT2D eigenvalue weighted by Crippen LogP contribution is 2.07. The Balaban J connectivity index is 2.85. The SMILES string of the molecule is Cc1nc(Cl)cn1CC(=O)O. The zero-order valence-electron chi connectivity index (χ0n) is 5.91. The lowest BCUT2D eigenvalue weighted by atomic mass is 10.6. The minimum atomic E-state index is -0.901. The summed E-state index contributed by atoms with van der Waals surface area (Å²) in [5.74, 6) is -0.292. The first kappa shape index (κ1) is 8.07. The minimum absolute atomic E-state index is 0.0917. The van der Waals surface area contributed by atoms with Crippen molar-refractivity contribution in [3.63, 3.8) is 0 Å². The quantitative estimate of drug-likeness (QED) is 0.726. The van der Waals surface area contributed by atoms with Gasteiger partial charge in [0.15, 0.2) is 0 Å². The van der Waals surface area contributed by atoms with Crippen LogP contribution in [0.5, 0.6) is 0 Å². The molecule has 0 atom stereocenters. The summed E-state index contributed by atoms with van der Waals surface area (Å²) < 4.78 is 1.48. The van der Waals surface area contributed by atoms with E-state index in [4.69, 9.17) is 16.7 Å². The van der Waals surface area contributed by atoms with Crippen LogP contribution in [0.3, 0.4) is 0 Å². The van der Waals surface area contributed by atoms with Crippen LogP contribution < -0.4 is 0 Å². The van der Waals surface area contributed by atoms with Crippen LogP contribution in [0.15, 0.2) is 6.20 Å². The lowest BCUT2D eigenvalue weighted by molar-refractivity contribution is -0.137. The normalized spacial score (nSPS) is 10.0. The van der Waals surface area contributed by atoms with Crippen molar-refractivity contribution in [1.82, 2.24) is 9.55 Å². The van der Waals surface area contributed by atoms with Crippen LogP contribution in [0.1, 0.15) is 5.82 Å². The van der Waals surface area contributed by atoms with Gasteiger partial charge in [-0.15, -0.1) is 0 Å². The number of halogens is 1. The first-order chi connectivity index (χ1) is 5.09. The smallest absolute Gasteiger partial charge is 0.323 e. The van der Waals surface area contributed by atoms with Gasteiger partial charge in [-0.1, -0.05) is 11.6 Å². The van der Waals surface area contributed by atoms with Gasteiger partial charge in [0.25, 0.3) is 0 Å². The van der Waals surface area contributed by atoms with Crippen molar-refractivity contribution in [3.8, 4) is 0 Å². The van der Waals surface area contributed by atoms with Gasteiger partial charge in [0.2, 0.25) is 0 Å². The topological polar surface area (TPSA) is 55.1 Å². The van der Waals surface area contributed by atoms with E-state index in [-0.39, 0.29) is 6.54 Å². The molecule has 1 aromatic heterocycles. The molecule has 0 aliphatic carbocycles. The van der Waals surface area contributed by atoms with Crippen LogP contribution in [0.2, 0.25) is 5.15 Å². The molecule has 0 aliphatic rings. The molecule has 60 valence electrons. The number of imidazole rings is 1. The number of carboxylic acid groups (broad SMARTS) is 1. The zero-order chi connectivity index (χ0) is 8.43. The molecule has 0 bridgehead atoms. The molecular formula is C6H7ClN2O2. The van der Waals surface area contributed by atoms with Crippen LogP contribution in [-0.4, -0.2) is 20.6 Å². The fourth-order valence-corrected chi connectivity index (χ4v) is 1.02. The molecule has 0 saturated heterocycles. The molecule has 4 nitrogen and oxygen atoms in total. The molecule has 0 amide bonds. The average molecular weight is 175 g/mol. The molecule has 11 heavy (non-hydrogen) atoms. The first-order valence-corrected chi connectivity index (χ1v) is 3.38. The van der Waals surface area contributed by atoms with Crippen molar-refractivity contribution in [2.75, 3.05) is 0 Å². The van der Waals surface area contributed by atoms with Gasteiger partial charge in [-0.05, 0) is 6.92 Å². The number of aryl methyl sites for hydroxylation is 1. The van der Waals surface area contributed by atoms with E-state index < -0.39 is 5.97 Å². The molecule has 0 fully saturated rings. The second-order valence-electron chi connectivity index (χ2n) is 2.13. The number of carbonyl (C=O) groups is 1. The van der Waals surface area contributed by atoms with Crippen LogP contribution in [0, 0.1) is 6.92 Å². The van der Waals surface area contributed by atoms with E-state index in [1.54, 1.807) is 6.92 Å². The highest BCUT2D eigenvalue weighted by atomic mass is 35.5. The van der Waals surface area contributed by atoms with Gasteiger partial charge in [0, 0.05) is 6.20 Å². The highest BCUT2D eigenvalue weighted by Gasteiger charge is 2.04. The lowest BCUT2D eigenvalue weighted by Gasteiger charge is -1.97. The van der Waals surface area contributed by atoms with Gasteiger partial charge in [0.1, 0.15) is 17.5 Å². The number of nitrogens with zero attached hydrogens (tertiary/aromatic N) is 2. The molecular weight excluding hydrogens is 168 g/mol. The predicted molar refractivity (Wildman–Crippen MR) is 39.6 cm³/mol. The Kier molecular flexibility index (Phi) is 2.14. The van der Waals surface area contributed by atoms with Crippen molar-refractivity contribution >= 4 is 17.6 Å². The average Bonchev–Trinajstić information content (AvgIpc) is 2.09. The lowest BCUT2D eigenvalue weighted by Crippen LogP contribution is -2.08. The van der Waals surface area contributed by atoms with E-state index >= 15 is 0 Å². The van der Waals surface area contributed by atoms with Crippen LogP contribution in [-0.2, 0) is 11.3 Å². The molecule has 0 aromatic carbocycles. The monoisotopic (exact) mass is 174 g/mol. The third-order valence-corrected chi connectivity index (χ3v) is 1.43. The van der Waals surface area contributed by atoms with Gasteiger partial charge in [-0.25, -0.2) is 4.98 Å². The predicted octanol–water partition coefficient (Wildman–Crippen LogP) is 0.930. The van der Waals surface area contributed by atoms with E-state index in [9.17, 15) is 4.79 Å². The molecule has 0 saturated carbocycles. The first-order valence-electron chi connectivity index (χ1n) is 3.00. The number of aromatic nitrogens is 2. The number of carboxylic acids is 1. The van der Waals surface area contributed by atoms with E-state index in [0.717, 1.165) is 0 Å².